The molecular formula is C16H21N3O2. The van der Waals surface area contributed by atoms with E-state index in [0.29, 0.717) is 19.5 Å². The van der Waals surface area contributed by atoms with Crippen molar-refractivity contribution in [1.29, 1.82) is 0 Å². The summed E-state index contributed by atoms with van der Waals surface area (Å²) in [6, 6.07) is 5.59. The molecule has 2 aliphatic rings. The monoisotopic (exact) mass is 287 g/mol. The van der Waals surface area contributed by atoms with Gasteiger partial charge in [-0.3, -0.25) is 14.6 Å². The Kier molecular flexibility index (Phi) is 3.90. The highest BCUT2D eigenvalue weighted by atomic mass is 16.2. The summed E-state index contributed by atoms with van der Waals surface area (Å²) >= 11 is 0. The lowest BCUT2D eigenvalue weighted by atomic mass is 10.0. The third-order valence-electron chi connectivity index (χ3n) is 4.31. The third kappa shape index (κ3) is 2.91. The maximum Gasteiger partial charge on any atom is 0.245 e. The van der Waals surface area contributed by atoms with Crippen LogP contribution in [0.15, 0.2) is 18.2 Å². The number of carbonyl (C=O) groups excluding carboxylic acids is 2. The van der Waals surface area contributed by atoms with E-state index in [1.165, 1.54) is 0 Å². The van der Waals surface area contributed by atoms with E-state index >= 15 is 0 Å². The molecule has 0 saturated carbocycles. The van der Waals surface area contributed by atoms with Crippen LogP contribution in [0.2, 0.25) is 0 Å². The molecule has 0 aromatic carbocycles. The van der Waals surface area contributed by atoms with Crippen molar-refractivity contribution in [3.05, 3.63) is 29.6 Å². The van der Waals surface area contributed by atoms with E-state index in [4.69, 9.17) is 0 Å². The summed E-state index contributed by atoms with van der Waals surface area (Å²) in [5, 5.41) is 0. The summed E-state index contributed by atoms with van der Waals surface area (Å²) in [7, 11) is 0. The maximum atomic E-state index is 12.7. The van der Waals surface area contributed by atoms with Crippen LogP contribution in [-0.2, 0) is 16.1 Å². The summed E-state index contributed by atoms with van der Waals surface area (Å²) in [5.74, 6) is 0.205. The molecule has 0 N–H and O–H groups in total. The topological polar surface area (TPSA) is 53.5 Å². The summed E-state index contributed by atoms with van der Waals surface area (Å²) in [4.78, 5) is 32.9. The second-order valence-corrected chi connectivity index (χ2v) is 5.88. The number of rotatable bonds is 2. The number of pyridine rings is 1. The van der Waals surface area contributed by atoms with Crippen LogP contribution in [0.1, 0.15) is 37.1 Å². The van der Waals surface area contributed by atoms with E-state index in [9.17, 15) is 9.59 Å². The predicted octanol–water partition coefficient (Wildman–Crippen LogP) is 1.50. The van der Waals surface area contributed by atoms with Gasteiger partial charge >= 0.3 is 0 Å². The number of aromatic nitrogens is 1. The molecule has 112 valence electrons. The Morgan fingerprint density at radius 3 is 2.90 bits per heavy atom. The Morgan fingerprint density at radius 2 is 2.10 bits per heavy atom. The number of piperidine rings is 1. The zero-order valence-electron chi connectivity index (χ0n) is 12.4. The fourth-order valence-corrected chi connectivity index (χ4v) is 3.22. The molecule has 1 aromatic rings. The Labute approximate surface area is 124 Å². The van der Waals surface area contributed by atoms with Gasteiger partial charge in [0.05, 0.1) is 12.2 Å². The van der Waals surface area contributed by atoms with Gasteiger partial charge < -0.3 is 9.80 Å². The average molecular weight is 287 g/mol. The maximum absolute atomic E-state index is 12.7. The standard InChI is InChI=1S/C16H21N3O2/c1-12-5-4-6-13(17-12)11-18-10-8-15(20)19-9-3-2-7-14(19)16(18)21/h4-6,14H,2-3,7-11H2,1H3. The normalized spacial score (nSPS) is 23.0. The largest absolute Gasteiger partial charge is 0.334 e. The minimum Gasteiger partial charge on any atom is -0.334 e. The fourth-order valence-electron chi connectivity index (χ4n) is 3.22. The summed E-state index contributed by atoms with van der Waals surface area (Å²) in [6.45, 7) is 3.67. The molecule has 2 amide bonds. The molecule has 1 unspecified atom stereocenters. The van der Waals surface area contributed by atoms with Gasteiger partial charge in [-0.2, -0.15) is 0 Å². The summed E-state index contributed by atoms with van der Waals surface area (Å²) in [5.41, 5.74) is 1.84. The van der Waals surface area contributed by atoms with Crippen molar-refractivity contribution in [3.63, 3.8) is 0 Å². The number of nitrogens with zero attached hydrogens (tertiary/aromatic N) is 3. The van der Waals surface area contributed by atoms with Crippen LogP contribution in [0.3, 0.4) is 0 Å². The lowest BCUT2D eigenvalue weighted by molar-refractivity contribution is -0.143. The average Bonchev–Trinajstić information content (AvgIpc) is 2.60. The molecule has 0 radical (unpaired) electrons. The Bertz CT molecular complexity index is 558. The molecule has 2 saturated heterocycles. The number of fused-ring (bicyclic) bond motifs is 1. The van der Waals surface area contributed by atoms with Crippen LogP contribution < -0.4 is 0 Å². The SMILES string of the molecule is Cc1cccc(CN2CCC(=O)N3CCCCC3C2=O)n1. The number of hydrogen-bond donors (Lipinski definition) is 0. The molecule has 1 atom stereocenters. The number of aryl methyl sites for hydroxylation is 1. The minimum atomic E-state index is -0.251. The second kappa shape index (κ2) is 5.84. The van der Waals surface area contributed by atoms with Gasteiger partial charge in [0.1, 0.15) is 6.04 Å². The smallest absolute Gasteiger partial charge is 0.245 e. The summed E-state index contributed by atoms with van der Waals surface area (Å²) in [6.07, 6.45) is 3.25. The van der Waals surface area contributed by atoms with E-state index in [1.807, 2.05) is 25.1 Å². The van der Waals surface area contributed by atoms with E-state index in [-0.39, 0.29) is 17.9 Å². The van der Waals surface area contributed by atoms with Crippen molar-refractivity contribution >= 4 is 11.8 Å². The van der Waals surface area contributed by atoms with Crippen LogP contribution in [0, 0.1) is 6.92 Å². The van der Waals surface area contributed by atoms with Gasteiger partial charge in [0.15, 0.2) is 0 Å². The van der Waals surface area contributed by atoms with Crippen molar-refractivity contribution in [3.8, 4) is 0 Å². The highest BCUT2D eigenvalue weighted by Gasteiger charge is 2.37. The van der Waals surface area contributed by atoms with Gasteiger partial charge in [-0.1, -0.05) is 6.07 Å². The number of amides is 2. The Balaban J connectivity index is 1.79. The van der Waals surface area contributed by atoms with Crippen LogP contribution in [0.5, 0.6) is 0 Å². The van der Waals surface area contributed by atoms with E-state index in [2.05, 4.69) is 4.98 Å². The molecule has 3 rings (SSSR count). The second-order valence-electron chi connectivity index (χ2n) is 5.88. The van der Waals surface area contributed by atoms with Crippen molar-refractivity contribution in [2.75, 3.05) is 13.1 Å². The molecule has 5 nitrogen and oxygen atoms in total. The molecule has 2 aliphatic heterocycles. The zero-order chi connectivity index (χ0) is 14.8. The molecule has 1 aromatic heterocycles. The first-order chi connectivity index (χ1) is 10.1. The summed E-state index contributed by atoms with van der Waals surface area (Å²) < 4.78 is 0. The third-order valence-corrected chi connectivity index (χ3v) is 4.31. The Hall–Kier alpha value is -1.91. The van der Waals surface area contributed by atoms with Gasteiger partial charge in [-0.25, -0.2) is 0 Å². The number of carbonyl (C=O) groups is 2. The quantitative estimate of drug-likeness (QED) is 0.828. The van der Waals surface area contributed by atoms with E-state index in [1.54, 1.807) is 9.80 Å². The van der Waals surface area contributed by atoms with Crippen LogP contribution in [-0.4, -0.2) is 45.7 Å². The van der Waals surface area contributed by atoms with Crippen molar-refractivity contribution in [2.45, 2.75) is 45.2 Å². The molecule has 5 heteroatoms. The minimum absolute atomic E-state index is 0.0869. The van der Waals surface area contributed by atoms with Gasteiger partial charge in [-0.15, -0.1) is 0 Å². The van der Waals surface area contributed by atoms with Crippen molar-refractivity contribution in [1.82, 2.24) is 14.8 Å². The predicted molar refractivity (Wildman–Crippen MR) is 78.4 cm³/mol. The fraction of sp³-hybridized carbons (Fsp3) is 0.562. The van der Waals surface area contributed by atoms with E-state index < -0.39 is 0 Å². The van der Waals surface area contributed by atoms with Gasteiger partial charge in [0.25, 0.3) is 0 Å². The van der Waals surface area contributed by atoms with Gasteiger partial charge in [0, 0.05) is 25.2 Å². The highest BCUT2D eigenvalue weighted by Crippen LogP contribution is 2.23. The zero-order valence-corrected chi connectivity index (χ0v) is 12.4. The van der Waals surface area contributed by atoms with Crippen LogP contribution >= 0.6 is 0 Å². The van der Waals surface area contributed by atoms with Crippen LogP contribution in [0.4, 0.5) is 0 Å². The van der Waals surface area contributed by atoms with Gasteiger partial charge in [0.2, 0.25) is 11.8 Å². The lowest BCUT2D eigenvalue weighted by Crippen LogP contribution is -2.49. The lowest BCUT2D eigenvalue weighted by Gasteiger charge is -2.34. The highest BCUT2D eigenvalue weighted by molar-refractivity contribution is 5.90. The molecular weight excluding hydrogens is 266 g/mol. The van der Waals surface area contributed by atoms with Crippen LogP contribution in [0.25, 0.3) is 0 Å². The van der Waals surface area contributed by atoms with Crippen molar-refractivity contribution in [2.24, 2.45) is 0 Å². The Morgan fingerprint density at radius 1 is 1.24 bits per heavy atom. The first-order valence-corrected chi connectivity index (χ1v) is 7.66. The number of hydrogen-bond acceptors (Lipinski definition) is 3. The molecule has 3 heterocycles. The molecule has 0 bridgehead atoms. The van der Waals surface area contributed by atoms with Gasteiger partial charge in [-0.05, 0) is 38.3 Å². The van der Waals surface area contributed by atoms with E-state index in [0.717, 1.165) is 37.2 Å². The van der Waals surface area contributed by atoms with Crippen molar-refractivity contribution < 1.29 is 9.59 Å². The molecule has 21 heavy (non-hydrogen) atoms. The first-order valence-electron chi connectivity index (χ1n) is 7.66. The molecule has 2 fully saturated rings. The first kappa shape index (κ1) is 14.0. The molecule has 0 spiro atoms. The molecule has 0 aliphatic carbocycles.